The van der Waals surface area contributed by atoms with Gasteiger partial charge in [0, 0.05) is 19.0 Å². The summed E-state index contributed by atoms with van der Waals surface area (Å²) in [5, 5.41) is 9.44. The summed E-state index contributed by atoms with van der Waals surface area (Å²) in [7, 11) is 0. The topological polar surface area (TPSA) is 103 Å². The van der Waals surface area contributed by atoms with E-state index in [2.05, 4.69) is 9.82 Å². The van der Waals surface area contributed by atoms with E-state index in [-0.39, 0.29) is 17.2 Å². The van der Waals surface area contributed by atoms with Gasteiger partial charge in [-0.25, -0.2) is 4.98 Å². The van der Waals surface area contributed by atoms with Crippen molar-refractivity contribution in [2.24, 2.45) is 5.90 Å². The lowest BCUT2D eigenvalue weighted by molar-refractivity contribution is -0.144. The lowest BCUT2D eigenvalue weighted by Crippen LogP contribution is -2.09. The summed E-state index contributed by atoms with van der Waals surface area (Å²) < 4.78 is 0. The first kappa shape index (κ1) is 16.1. The normalized spacial score (nSPS) is 10.2. The van der Waals surface area contributed by atoms with Crippen LogP contribution in [0.3, 0.4) is 0 Å². The first-order valence-electron chi connectivity index (χ1n) is 6.72. The number of carbonyl (C=O) groups excluding carboxylic acids is 2. The monoisotopic (exact) mass is 280 g/mol. The number of rotatable bonds is 9. The second-order valence-electron chi connectivity index (χ2n) is 4.56. The first-order valence-corrected chi connectivity index (χ1v) is 6.72. The molecular formula is C14H20N2O4. The van der Waals surface area contributed by atoms with Crippen molar-refractivity contribution in [3.05, 3.63) is 23.9 Å². The van der Waals surface area contributed by atoms with Crippen molar-refractivity contribution in [3.63, 3.8) is 0 Å². The van der Waals surface area contributed by atoms with E-state index in [0.29, 0.717) is 12.8 Å². The van der Waals surface area contributed by atoms with Gasteiger partial charge >= 0.3 is 5.97 Å². The van der Waals surface area contributed by atoms with E-state index in [1.165, 1.54) is 6.20 Å². The number of ketones is 1. The SMILES string of the molecule is NOC(=O)CCCCCCCC(=O)c1cccnc1O. The zero-order valence-electron chi connectivity index (χ0n) is 11.4. The van der Waals surface area contributed by atoms with Crippen molar-refractivity contribution in [1.29, 1.82) is 0 Å². The van der Waals surface area contributed by atoms with Crippen molar-refractivity contribution in [2.75, 3.05) is 0 Å². The van der Waals surface area contributed by atoms with E-state index >= 15 is 0 Å². The van der Waals surface area contributed by atoms with Gasteiger partial charge in [-0.15, -0.1) is 0 Å². The summed E-state index contributed by atoms with van der Waals surface area (Å²) in [6.45, 7) is 0. The number of hydrogen-bond acceptors (Lipinski definition) is 6. The van der Waals surface area contributed by atoms with Crippen molar-refractivity contribution in [3.8, 4) is 5.88 Å². The Balaban J connectivity index is 2.11. The minimum absolute atomic E-state index is 0.0951. The molecule has 6 nitrogen and oxygen atoms in total. The Morgan fingerprint density at radius 3 is 2.45 bits per heavy atom. The highest BCUT2D eigenvalue weighted by molar-refractivity contribution is 5.97. The molecule has 0 aliphatic carbocycles. The molecule has 0 spiro atoms. The van der Waals surface area contributed by atoms with Gasteiger partial charge < -0.3 is 9.94 Å². The number of nitrogens with two attached hydrogens (primary N) is 1. The molecule has 0 atom stereocenters. The van der Waals surface area contributed by atoms with Crippen LogP contribution in [0.4, 0.5) is 0 Å². The predicted molar refractivity (Wildman–Crippen MR) is 72.8 cm³/mol. The van der Waals surface area contributed by atoms with Crippen LogP contribution in [0.5, 0.6) is 5.88 Å². The fourth-order valence-corrected chi connectivity index (χ4v) is 1.89. The van der Waals surface area contributed by atoms with Crippen LogP contribution >= 0.6 is 0 Å². The molecule has 0 aliphatic heterocycles. The highest BCUT2D eigenvalue weighted by Gasteiger charge is 2.10. The van der Waals surface area contributed by atoms with Gasteiger partial charge in [-0.05, 0) is 25.0 Å². The summed E-state index contributed by atoms with van der Waals surface area (Å²) in [5.41, 5.74) is 0.276. The highest BCUT2D eigenvalue weighted by atomic mass is 16.7. The van der Waals surface area contributed by atoms with Crippen molar-refractivity contribution >= 4 is 11.8 Å². The van der Waals surface area contributed by atoms with Gasteiger partial charge in [-0.1, -0.05) is 19.3 Å². The third-order valence-electron chi connectivity index (χ3n) is 3.00. The van der Waals surface area contributed by atoms with Crippen LogP contribution in [0, 0.1) is 0 Å². The lowest BCUT2D eigenvalue weighted by atomic mass is 10.0. The Kier molecular flexibility index (Phi) is 7.27. The van der Waals surface area contributed by atoms with E-state index in [1.807, 2.05) is 0 Å². The van der Waals surface area contributed by atoms with Crippen molar-refractivity contribution in [2.45, 2.75) is 44.9 Å². The second kappa shape index (κ2) is 9.03. The molecular weight excluding hydrogens is 260 g/mol. The molecule has 1 aromatic rings. The molecule has 0 aliphatic rings. The molecule has 1 heterocycles. The Morgan fingerprint density at radius 2 is 1.80 bits per heavy atom. The predicted octanol–water partition coefficient (Wildman–Crippen LogP) is 2.12. The van der Waals surface area contributed by atoms with Gasteiger partial charge in [0.05, 0.1) is 5.56 Å². The smallest absolute Gasteiger partial charge is 0.324 e. The van der Waals surface area contributed by atoms with E-state index < -0.39 is 5.97 Å². The number of pyridine rings is 1. The maximum atomic E-state index is 11.8. The fraction of sp³-hybridized carbons (Fsp3) is 0.500. The van der Waals surface area contributed by atoms with Gasteiger partial charge in [-0.2, -0.15) is 5.90 Å². The second-order valence-corrected chi connectivity index (χ2v) is 4.56. The number of carbonyl (C=O) groups is 2. The molecule has 0 saturated heterocycles. The number of aromatic hydroxyl groups is 1. The number of Topliss-reactive ketones (excluding diaryl/α,β-unsaturated/α-hetero) is 1. The first-order chi connectivity index (χ1) is 9.65. The van der Waals surface area contributed by atoms with Crippen molar-refractivity contribution < 1.29 is 19.5 Å². The molecule has 0 aromatic carbocycles. The molecule has 3 N–H and O–H groups in total. The van der Waals surface area contributed by atoms with Crippen LogP contribution in [-0.4, -0.2) is 21.8 Å². The molecule has 1 aromatic heterocycles. The highest BCUT2D eigenvalue weighted by Crippen LogP contribution is 2.16. The molecule has 20 heavy (non-hydrogen) atoms. The van der Waals surface area contributed by atoms with E-state index in [4.69, 9.17) is 5.90 Å². The number of unbranched alkanes of at least 4 members (excludes halogenated alkanes) is 4. The maximum Gasteiger partial charge on any atom is 0.324 e. The van der Waals surface area contributed by atoms with Gasteiger partial charge in [0.1, 0.15) is 0 Å². The number of hydrogen-bond donors (Lipinski definition) is 2. The van der Waals surface area contributed by atoms with E-state index in [1.54, 1.807) is 12.1 Å². The molecule has 0 unspecified atom stereocenters. The zero-order chi connectivity index (χ0) is 14.8. The Hall–Kier alpha value is -1.95. The van der Waals surface area contributed by atoms with Gasteiger partial charge in [-0.3, -0.25) is 9.59 Å². The molecule has 0 bridgehead atoms. The molecule has 0 amide bonds. The Morgan fingerprint density at radius 1 is 1.15 bits per heavy atom. The summed E-state index contributed by atoms with van der Waals surface area (Å²) in [4.78, 5) is 30.3. The maximum absolute atomic E-state index is 11.8. The van der Waals surface area contributed by atoms with Crippen LogP contribution in [0.1, 0.15) is 55.3 Å². The third-order valence-corrected chi connectivity index (χ3v) is 3.00. The minimum atomic E-state index is -0.396. The average Bonchev–Trinajstić information content (AvgIpc) is 2.46. The van der Waals surface area contributed by atoms with Crippen molar-refractivity contribution in [1.82, 2.24) is 4.98 Å². The largest absolute Gasteiger partial charge is 0.493 e. The number of nitrogens with zero attached hydrogens (tertiary/aromatic N) is 1. The van der Waals surface area contributed by atoms with Gasteiger partial charge in [0.25, 0.3) is 0 Å². The Bertz CT molecular complexity index is 449. The summed E-state index contributed by atoms with van der Waals surface area (Å²) in [6, 6.07) is 3.20. The van der Waals surface area contributed by atoms with Gasteiger partial charge in [0.15, 0.2) is 5.78 Å². The molecule has 0 fully saturated rings. The van der Waals surface area contributed by atoms with Crippen LogP contribution < -0.4 is 5.90 Å². The molecule has 1 rings (SSSR count). The van der Waals surface area contributed by atoms with Gasteiger partial charge in [0.2, 0.25) is 5.88 Å². The average molecular weight is 280 g/mol. The quantitative estimate of drug-likeness (QED) is 0.408. The fourth-order valence-electron chi connectivity index (χ4n) is 1.89. The molecule has 6 heteroatoms. The third kappa shape index (κ3) is 5.79. The van der Waals surface area contributed by atoms with Crippen LogP contribution in [0.2, 0.25) is 0 Å². The molecule has 0 radical (unpaired) electrons. The zero-order valence-corrected chi connectivity index (χ0v) is 11.4. The lowest BCUT2D eigenvalue weighted by Gasteiger charge is -2.03. The minimum Gasteiger partial charge on any atom is -0.493 e. The summed E-state index contributed by atoms with van der Waals surface area (Å²) in [5.74, 6) is 4.02. The standard InChI is InChI=1S/C14H20N2O4/c15-20-13(18)9-5-3-1-2-4-8-12(17)11-7-6-10-16-14(11)19/h6-7,10H,1-5,8-9,15H2,(H,16,19). The van der Waals surface area contributed by atoms with Crippen LogP contribution in [0.25, 0.3) is 0 Å². The van der Waals surface area contributed by atoms with Crippen LogP contribution in [-0.2, 0) is 9.63 Å². The molecule has 110 valence electrons. The summed E-state index contributed by atoms with van der Waals surface area (Å²) in [6.07, 6.45) is 6.43. The summed E-state index contributed by atoms with van der Waals surface area (Å²) >= 11 is 0. The van der Waals surface area contributed by atoms with Crippen LogP contribution in [0.15, 0.2) is 18.3 Å². The number of aromatic nitrogens is 1. The van der Waals surface area contributed by atoms with E-state index in [9.17, 15) is 14.7 Å². The molecule has 0 saturated carbocycles. The Labute approximate surface area is 117 Å². The van der Waals surface area contributed by atoms with E-state index in [0.717, 1.165) is 32.1 Å².